The molecule has 6 nitrogen and oxygen atoms in total. The lowest BCUT2D eigenvalue weighted by atomic mass is 9.78. The third-order valence-corrected chi connectivity index (χ3v) is 5.11. The summed E-state index contributed by atoms with van der Waals surface area (Å²) in [6.07, 6.45) is 2.52. The molecule has 0 saturated heterocycles. The maximum atomic E-state index is 12.7. The van der Waals surface area contributed by atoms with Crippen molar-refractivity contribution < 1.29 is 19.5 Å². The third kappa shape index (κ3) is 4.57. The van der Waals surface area contributed by atoms with E-state index in [-0.39, 0.29) is 11.8 Å². The molecule has 0 bridgehead atoms. The number of anilines is 2. The minimum atomic E-state index is -1.19. The van der Waals surface area contributed by atoms with E-state index in [1.807, 2.05) is 25.1 Å². The average Bonchev–Trinajstić information content (AvgIpc) is 2.68. The first kappa shape index (κ1) is 19.6. The number of carbonyl (C=O) groups excluding carboxylic acids is 3. The van der Waals surface area contributed by atoms with E-state index in [1.54, 1.807) is 30.3 Å². The molecule has 28 heavy (non-hydrogen) atoms. The summed E-state index contributed by atoms with van der Waals surface area (Å²) in [6, 6.07) is 14.1. The lowest BCUT2D eigenvalue weighted by Gasteiger charge is -2.31. The van der Waals surface area contributed by atoms with Crippen molar-refractivity contribution in [2.75, 3.05) is 10.6 Å². The van der Waals surface area contributed by atoms with Gasteiger partial charge in [-0.25, -0.2) is 0 Å². The van der Waals surface area contributed by atoms with Crippen molar-refractivity contribution in [2.24, 2.45) is 11.8 Å². The largest absolute Gasteiger partial charge is 0.550 e. The van der Waals surface area contributed by atoms with Crippen LogP contribution in [0.2, 0.25) is 0 Å². The molecule has 146 valence electrons. The number of rotatable bonds is 5. The monoisotopic (exact) mass is 379 g/mol. The summed E-state index contributed by atoms with van der Waals surface area (Å²) in [5.74, 6) is -3.36. The molecular formula is C22H23N2O4-. The van der Waals surface area contributed by atoms with Crippen molar-refractivity contribution >= 4 is 29.2 Å². The smallest absolute Gasteiger partial charge is 0.257 e. The number of aryl methyl sites for hydroxylation is 1. The predicted octanol–water partition coefficient (Wildman–Crippen LogP) is 2.74. The number of carbonyl (C=O) groups is 3. The highest BCUT2D eigenvalue weighted by Gasteiger charge is 2.32. The van der Waals surface area contributed by atoms with Gasteiger partial charge >= 0.3 is 0 Å². The topological polar surface area (TPSA) is 98.3 Å². The van der Waals surface area contributed by atoms with Crippen molar-refractivity contribution in [3.05, 3.63) is 59.7 Å². The van der Waals surface area contributed by atoms with Crippen molar-refractivity contribution in [3.8, 4) is 0 Å². The van der Waals surface area contributed by atoms with Crippen LogP contribution in [-0.2, 0) is 9.59 Å². The first-order valence-electron chi connectivity index (χ1n) is 9.44. The number of aliphatic carboxylic acids is 1. The van der Waals surface area contributed by atoms with E-state index < -0.39 is 17.8 Å². The van der Waals surface area contributed by atoms with Gasteiger partial charge in [-0.05, 0) is 49.6 Å². The Hall–Kier alpha value is -3.15. The Labute approximate surface area is 164 Å². The first-order valence-corrected chi connectivity index (χ1v) is 9.44. The number of hydrogen-bond acceptors (Lipinski definition) is 4. The molecule has 2 amide bonds. The average molecular weight is 379 g/mol. The second kappa shape index (κ2) is 8.69. The van der Waals surface area contributed by atoms with Gasteiger partial charge in [0.05, 0.1) is 11.3 Å². The van der Waals surface area contributed by atoms with E-state index in [9.17, 15) is 19.5 Å². The first-order chi connectivity index (χ1) is 13.5. The maximum absolute atomic E-state index is 12.7. The van der Waals surface area contributed by atoms with Crippen LogP contribution in [0.5, 0.6) is 0 Å². The van der Waals surface area contributed by atoms with Gasteiger partial charge in [0.25, 0.3) is 5.91 Å². The quantitative estimate of drug-likeness (QED) is 0.834. The van der Waals surface area contributed by atoms with E-state index in [0.29, 0.717) is 29.8 Å². The molecular weight excluding hydrogens is 356 g/mol. The Balaban J connectivity index is 1.77. The number of carboxylic acid groups (broad SMARTS) is 1. The highest BCUT2D eigenvalue weighted by atomic mass is 16.4. The molecule has 2 atom stereocenters. The minimum Gasteiger partial charge on any atom is -0.550 e. The highest BCUT2D eigenvalue weighted by molar-refractivity contribution is 6.10. The number of carboxylic acids is 1. The van der Waals surface area contributed by atoms with Crippen LogP contribution in [0.4, 0.5) is 11.4 Å². The van der Waals surface area contributed by atoms with E-state index in [0.717, 1.165) is 18.4 Å². The molecule has 0 aromatic heterocycles. The van der Waals surface area contributed by atoms with Crippen LogP contribution in [0.1, 0.15) is 41.6 Å². The van der Waals surface area contributed by atoms with Gasteiger partial charge in [-0.1, -0.05) is 37.1 Å². The minimum absolute atomic E-state index is 0.318. The summed E-state index contributed by atoms with van der Waals surface area (Å²) in [7, 11) is 0. The number of nitrogens with one attached hydrogen (secondary N) is 2. The second-order valence-corrected chi connectivity index (χ2v) is 7.17. The molecule has 2 aromatic carbocycles. The molecule has 2 N–H and O–H groups in total. The molecule has 0 heterocycles. The molecule has 2 unspecified atom stereocenters. The van der Waals surface area contributed by atoms with E-state index in [1.165, 1.54) is 0 Å². The zero-order chi connectivity index (χ0) is 20.1. The van der Waals surface area contributed by atoms with E-state index in [4.69, 9.17) is 0 Å². The Kier molecular flexibility index (Phi) is 6.09. The zero-order valence-electron chi connectivity index (χ0n) is 15.7. The standard InChI is InChI=1S/C22H24N2O4/c1-14-7-6-8-15(13-14)23-21(26)18-11-4-5-12-19(18)24-20(25)16-9-2-3-10-17(16)22(27)28/h4-8,11-13,16-17H,2-3,9-10H2,1H3,(H,23,26)(H,24,25)(H,27,28)/p-1. The highest BCUT2D eigenvalue weighted by Crippen LogP contribution is 2.31. The van der Waals surface area contributed by atoms with Gasteiger partial charge < -0.3 is 20.5 Å². The number of hydrogen-bond donors (Lipinski definition) is 2. The molecule has 6 heteroatoms. The summed E-state index contributed by atoms with van der Waals surface area (Å²) >= 11 is 0. The number of para-hydroxylation sites is 1. The lowest BCUT2D eigenvalue weighted by molar-refractivity contribution is -0.313. The molecule has 2 aromatic rings. The van der Waals surface area contributed by atoms with Gasteiger partial charge in [0, 0.05) is 23.5 Å². The maximum Gasteiger partial charge on any atom is 0.257 e. The van der Waals surface area contributed by atoms with Crippen molar-refractivity contribution in [1.29, 1.82) is 0 Å². The van der Waals surface area contributed by atoms with Gasteiger partial charge in [-0.2, -0.15) is 0 Å². The molecule has 1 aliphatic carbocycles. The van der Waals surface area contributed by atoms with Crippen LogP contribution in [0.25, 0.3) is 0 Å². The van der Waals surface area contributed by atoms with Crippen LogP contribution in [-0.4, -0.2) is 17.8 Å². The van der Waals surface area contributed by atoms with Crippen molar-refractivity contribution in [2.45, 2.75) is 32.6 Å². The van der Waals surface area contributed by atoms with Gasteiger partial charge in [0.1, 0.15) is 0 Å². The van der Waals surface area contributed by atoms with Crippen molar-refractivity contribution in [1.82, 2.24) is 0 Å². The number of benzene rings is 2. The molecule has 1 fully saturated rings. The van der Waals surface area contributed by atoms with Gasteiger partial charge in [-0.15, -0.1) is 0 Å². The van der Waals surface area contributed by atoms with Crippen LogP contribution in [0, 0.1) is 18.8 Å². The number of amides is 2. The molecule has 1 saturated carbocycles. The van der Waals surface area contributed by atoms with Crippen LogP contribution in [0.3, 0.4) is 0 Å². The van der Waals surface area contributed by atoms with E-state index in [2.05, 4.69) is 10.6 Å². The fourth-order valence-corrected chi connectivity index (χ4v) is 3.66. The third-order valence-electron chi connectivity index (χ3n) is 5.11. The molecule has 1 aliphatic rings. The lowest BCUT2D eigenvalue weighted by Crippen LogP contribution is -2.42. The second-order valence-electron chi connectivity index (χ2n) is 7.17. The fourth-order valence-electron chi connectivity index (χ4n) is 3.66. The van der Waals surface area contributed by atoms with Crippen LogP contribution < -0.4 is 15.7 Å². The van der Waals surface area contributed by atoms with Crippen molar-refractivity contribution in [3.63, 3.8) is 0 Å². The summed E-state index contributed by atoms with van der Waals surface area (Å²) < 4.78 is 0. The zero-order valence-corrected chi connectivity index (χ0v) is 15.7. The van der Waals surface area contributed by atoms with Gasteiger partial charge in [0.2, 0.25) is 5.91 Å². The molecule has 0 aliphatic heterocycles. The summed E-state index contributed by atoms with van der Waals surface area (Å²) in [4.78, 5) is 36.8. The summed E-state index contributed by atoms with van der Waals surface area (Å²) in [5.41, 5.74) is 2.36. The molecule has 0 spiro atoms. The predicted molar refractivity (Wildman–Crippen MR) is 105 cm³/mol. The normalized spacial score (nSPS) is 18.9. The SMILES string of the molecule is Cc1cccc(NC(=O)c2ccccc2NC(=O)C2CCCCC2C(=O)[O-])c1. The Morgan fingerprint density at radius 3 is 2.36 bits per heavy atom. The Morgan fingerprint density at radius 1 is 0.929 bits per heavy atom. The van der Waals surface area contributed by atoms with Crippen LogP contribution in [0.15, 0.2) is 48.5 Å². The molecule has 0 radical (unpaired) electrons. The van der Waals surface area contributed by atoms with Gasteiger partial charge in [0.15, 0.2) is 0 Å². The fraction of sp³-hybridized carbons (Fsp3) is 0.318. The van der Waals surface area contributed by atoms with Gasteiger partial charge in [-0.3, -0.25) is 9.59 Å². The Bertz CT molecular complexity index is 894. The summed E-state index contributed by atoms with van der Waals surface area (Å²) in [6.45, 7) is 1.93. The van der Waals surface area contributed by atoms with Crippen LogP contribution >= 0.6 is 0 Å². The molecule has 3 rings (SSSR count). The Morgan fingerprint density at radius 2 is 1.64 bits per heavy atom. The van der Waals surface area contributed by atoms with E-state index >= 15 is 0 Å². The summed E-state index contributed by atoms with van der Waals surface area (Å²) in [5, 5.41) is 16.9.